The molecule has 0 unspecified atom stereocenters. The monoisotopic (exact) mass is 331 g/mol. The van der Waals surface area contributed by atoms with Gasteiger partial charge in [0.25, 0.3) is 5.91 Å². The number of carbonyl (C=O) groups excluding carboxylic acids is 1. The number of aromatic amines is 1. The second-order valence-corrected chi connectivity index (χ2v) is 6.66. The van der Waals surface area contributed by atoms with Crippen molar-refractivity contribution in [1.29, 1.82) is 0 Å². The Kier molecular flexibility index (Phi) is 5.23. The van der Waals surface area contributed by atoms with Crippen LogP contribution in [0.1, 0.15) is 33.7 Å². The normalized spacial score (nSPS) is 13.3. The van der Waals surface area contributed by atoms with Crippen LogP contribution in [0.2, 0.25) is 0 Å². The van der Waals surface area contributed by atoms with Gasteiger partial charge >= 0.3 is 0 Å². The molecule has 1 amide bonds. The summed E-state index contributed by atoms with van der Waals surface area (Å²) >= 11 is 1.77. The van der Waals surface area contributed by atoms with Crippen molar-refractivity contribution in [3.8, 4) is 5.75 Å². The first-order chi connectivity index (χ1) is 11.2. The number of H-pyrrole nitrogens is 1. The van der Waals surface area contributed by atoms with Gasteiger partial charge in [0.05, 0.1) is 18.6 Å². The molecule has 0 bridgehead atoms. The number of ether oxygens (including phenoxy) is 1. The molecule has 0 atom stereocenters. The summed E-state index contributed by atoms with van der Waals surface area (Å²) in [4.78, 5) is 19.5. The lowest BCUT2D eigenvalue weighted by molar-refractivity contribution is 0.0956. The van der Waals surface area contributed by atoms with Crippen molar-refractivity contribution < 1.29 is 9.53 Å². The quantitative estimate of drug-likeness (QED) is 0.799. The standard InChI is InChI=1S/C17H21N3O2S/c1-12-15(20-11-19-12)10-23-8-6-18-17(21)14-4-5-16-13(9-14)3-2-7-22-16/h4-5,9,11H,2-3,6-8,10H2,1H3,(H,18,21)(H,19,20). The highest BCUT2D eigenvalue weighted by atomic mass is 32.2. The van der Waals surface area contributed by atoms with Crippen LogP contribution >= 0.6 is 11.8 Å². The predicted molar refractivity (Wildman–Crippen MR) is 92.1 cm³/mol. The third-order valence-electron chi connectivity index (χ3n) is 3.88. The molecule has 2 N–H and O–H groups in total. The van der Waals surface area contributed by atoms with Gasteiger partial charge < -0.3 is 15.0 Å². The number of amides is 1. The van der Waals surface area contributed by atoms with E-state index in [1.165, 1.54) is 0 Å². The molecule has 0 spiro atoms. The highest BCUT2D eigenvalue weighted by Gasteiger charge is 2.13. The summed E-state index contributed by atoms with van der Waals surface area (Å²) in [6.45, 7) is 3.44. The van der Waals surface area contributed by atoms with Gasteiger partial charge in [-0.05, 0) is 43.5 Å². The molecule has 3 rings (SSSR count). The van der Waals surface area contributed by atoms with Crippen molar-refractivity contribution in [1.82, 2.24) is 15.3 Å². The average Bonchev–Trinajstić information content (AvgIpc) is 2.99. The smallest absolute Gasteiger partial charge is 0.251 e. The van der Waals surface area contributed by atoms with Crippen LogP contribution in [0.5, 0.6) is 5.75 Å². The molecule has 1 aliphatic heterocycles. The van der Waals surface area contributed by atoms with Gasteiger partial charge in [-0.3, -0.25) is 4.79 Å². The molecule has 0 saturated heterocycles. The topological polar surface area (TPSA) is 67.0 Å². The van der Waals surface area contributed by atoms with Crippen LogP contribution in [0.25, 0.3) is 0 Å². The highest BCUT2D eigenvalue weighted by molar-refractivity contribution is 7.98. The van der Waals surface area contributed by atoms with Crippen molar-refractivity contribution in [2.75, 3.05) is 18.9 Å². The Hall–Kier alpha value is -1.95. The molecule has 6 heteroatoms. The fourth-order valence-electron chi connectivity index (χ4n) is 2.54. The number of nitrogens with zero attached hydrogens (tertiary/aromatic N) is 1. The summed E-state index contributed by atoms with van der Waals surface area (Å²) in [6, 6.07) is 5.68. The Morgan fingerprint density at radius 1 is 1.48 bits per heavy atom. The van der Waals surface area contributed by atoms with Crippen LogP contribution in [0.3, 0.4) is 0 Å². The first kappa shape index (κ1) is 15.9. The summed E-state index contributed by atoms with van der Waals surface area (Å²) in [7, 11) is 0. The molecule has 2 aromatic rings. The van der Waals surface area contributed by atoms with Crippen LogP contribution in [0.15, 0.2) is 24.5 Å². The fourth-order valence-corrected chi connectivity index (χ4v) is 3.42. The van der Waals surface area contributed by atoms with E-state index in [-0.39, 0.29) is 5.91 Å². The van der Waals surface area contributed by atoms with Crippen molar-refractivity contribution in [2.24, 2.45) is 0 Å². The molecule has 1 aromatic carbocycles. The highest BCUT2D eigenvalue weighted by Crippen LogP contribution is 2.25. The number of hydrogen-bond acceptors (Lipinski definition) is 4. The van der Waals surface area contributed by atoms with E-state index in [0.29, 0.717) is 12.1 Å². The third kappa shape index (κ3) is 4.07. The zero-order valence-electron chi connectivity index (χ0n) is 13.2. The Bertz CT molecular complexity index is 684. The summed E-state index contributed by atoms with van der Waals surface area (Å²) in [5, 5.41) is 2.97. The number of carbonyl (C=O) groups is 1. The summed E-state index contributed by atoms with van der Waals surface area (Å²) in [6.07, 6.45) is 3.71. The van der Waals surface area contributed by atoms with Gasteiger partial charge in [0.15, 0.2) is 0 Å². The van der Waals surface area contributed by atoms with Gasteiger partial charge in [-0.15, -0.1) is 0 Å². The Labute approximate surface area is 140 Å². The Morgan fingerprint density at radius 2 is 2.39 bits per heavy atom. The minimum absolute atomic E-state index is 0.0186. The van der Waals surface area contributed by atoms with E-state index in [0.717, 1.165) is 53.7 Å². The van der Waals surface area contributed by atoms with Gasteiger partial charge in [-0.2, -0.15) is 11.8 Å². The van der Waals surface area contributed by atoms with Crippen molar-refractivity contribution >= 4 is 17.7 Å². The summed E-state index contributed by atoms with van der Waals surface area (Å²) < 4.78 is 5.57. The van der Waals surface area contributed by atoms with Gasteiger partial charge in [0.1, 0.15) is 5.75 Å². The number of imidazole rings is 1. The number of fused-ring (bicyclic) bond motifs is 1. The number of aryl methyl sites for hydroxylation is 2. The number of rotatable bonds is 6. The van der Waals surface area contributed by atoms with Crippen LogP contribution < -0.4 is 10.1 Å². The van der Waals surface area contributed by atoms with E-state index < -0.39 is 0 Å². The minimum Gasteiger partial charge on any atom is -0.493 e. The summed E-state index contributed by atoms with van der Waals surface area (Å²) in [5.74, 6) is 2.63. The third-order valence-corrected chi connectivity index (χ3v) is 4.85. The first-order valence-corrected chi connectivity index (χ1v) is 9.00. The van der Waals surface area contributed by atoms with Crippen molar-refractivity contribution in [3.05, 3.63) is 47.0 Å². The van der Waals surface area contributed by atoms with E-state index in [1.54, 1.807) is 18.1 Å². The Morgan fingerprint density at radius 3 is 3.22 bits per heavy atom. The molecule has 23 heavy (non-hydrogen) atoms. The SMILES string of the molecule is Cc1[nH]cnc1CSCCNC(=O)c1ccc2c(c1)CCCO2. The summed E-state index contributed by atoms with van der Waals surface area (Å²) in [5.41, 5.74) is 4.03. The largest absolute Gasteiger partial charge is 0.493 e. The van der Waals surface area contributed by atoms with Crippen molar-refractivity contribution in [2.45, 2.75) is 25.5 Å². The van der Waals surface area contributed by atoms with Gasteiger partial charge in [-0.1, -0.05) is 0 Å². The molecule has 2 heterocycles. The molecule has 0 fully saturated rings. The van der Waals surface area contributed by atoms with Crippen LogP contribution in [0.4, 0.5) is 0 Å². The number of nitrogens with one attached hydrogen (secondary N) is 2. The zero-order valence-corrected chi connectivity index (χ0v) is 14.0. The molecule has 1 aromatic heterocycles. The van der Waals surface area contributed by atoms with E-state index in [1.807, 2.05) is 25.1 Å². The van der Waals surface area contributed by atoms with E-state index in [4.69, 9.17) is 4.74 Å². The lowest BCUT2D eigenvalue weighted by Crippen LogP contribution is -2.26. The Balaban J connectivity index is 1.43. The molecule has 0 aliphatic carbocycles. The second-order valence-electron chi connectivity index (χ2n) is 5.56. The number of benzene rings is 1. The lowest BCUT2D eigenvalue weighted by Gasteiger charge is -2.17. The molecule has 0 saturated carbocycles. The van der Waals surface area contributed by atoms with E-state index in [2.05, 4.69) is 15.3 Å². The minimum atomic E-state index is -0.0186. The molecule has 122 valence electrons. The lowest BCUT2D eigenvalue weighted by atomic mass is 10.0. The van der Waals surface area contributed by atoms with E-state index >= 15 is 0 Å². The number of thioether (sulfide) groups is 1. The first-order valence-electron chi connectivity index (χ1n) is 7.84. The van der Waals surface area contributed by atoms with E-state index in [9.17, 15) is 4.79 Å². The van der Waals surface area contributed by atoms with Crippen LogP contribution in [0, 0.1) is 6.92 Å². The van der Waals surface area contributed by atoms with Gasteiger partial charge in [0.2, 0.25) is 0 Å². The molecule has 1 aliphatic rings. The number of hydrogen-bond donors (Lipinski definition) is 2. The number of aromatic nitrogens is 2. The zero-order chi connectivity index (χ0) is 16.1. The maximum atomic E-state index is 12.2. The predicted octanol–water partition coefficient (Wildman–Crippen LogP) is 2.71. The maximum absolute atomic E-state index is 12.2. The molecular weight excluding hydrogens is 310 g/mol. The van der Waals surface area contributed by atoms with Gasteiger partial charge in [-0.25, -0.2) is 4.98 Å². The molecule has 5 nitrogen and oxygen atoms in total. The molecular formula is C17H21N3O2S. The van der Waals surface area contributed by atoms with Crippen molar-refractivity contribution in [3.63, 3.8) is 0 Å². The average molecular weight is 331 g/mol. The van der Waals surface area contributed by atoms with Gasteiger partial charge in [0, 0.05) is 29.3 Å². The van der Waals surface area contributed by atoms with Crippen LogP contribution in [-0.4, -0.2) is 34.8 Å². The van der Waals surface area contributed by atoms with Crippen LogP contribution in [-0.2, 0) is 12.2 Å². The second kappa shape index (κ2) is 7.55. The maximum Gasteiger partial charge on any atom is 0.251 e. The molecule has 0 radical (unpaired) electrons. The fraction of sp³-hybridized carbons (Fsp3) is 0.412.